The SMILES string of the molecule is CCOC(=O)c1sc(C(C)NC(=NC)NCCc2cccc(C(=O)N(C)C)c2)nc1C.I. The second kappa shape index (κ2) is 13.4. The molecule has 0 saturated carbocycles. The van der Waals surface area contributed by atoms with Crippen LogP contribution in [0.25, 0.3) is 0 Å². The normalized spacial score (nSPS) is 11.9. The van der Waals surface area contributed by atoms with Gasteiger partial charge in [-0.25, -0.2) is 9.78 Å². The lowest BCUT2D eigenvalue weighted by atomic mass is 10.1. The molecule has 1 amide bonds. The van der Waals surface area contributed by atoms with Gasteiger partial charge in [0, 0.05) is 33.3 Å². The van der Waals surface area contributed by atoms with Crippen molar-refractivity contribution in [2.75, 3.05) is 34.3 Å². The minimum Gasteiger partial charge on any atom is -0.462 e. The van der Waals surface area contributed by atoms with Crippen molar-refractivity contribution in [3.05, 3.63) is 51.0 Å². The molecule has 0 radical (unpaired) electrons. The Bertz CT molecular complexity index is 945. The predicted octanol–water partition coefficient (Wildman–Crippen LogP) is 3.42. The molecule has 1 heterocycles. The first kappa shape index (κ1) is 27.8. The van der Waals surface area contributed by atoms with Gasteiger partial charge in [0.25, 0.3) is 5.91 Å². The van der Waals surface area contributed by atoms with Crippen LogP contribution in [0.2, 0.25) is 0 Å². The third kappa shape index (κ3) is 7.73. The van der Waals surface area contributed by atoms with Crippen molar-refractivity contribution in [3.63, 3.8) is 0 Å². The van der Waals surface area contributed by atoms with Crippen molar-refractivity contribution in [2.24, 2.45) is 4.99 Å². The quantitative estimate of drug-likeness (QED) is 0.218. The summed E-state index contributed by atoms with van der Waals surface area (Å²) in [4.78, 5) is 35.0. The Labute approximate surface area is 210 Å². The number of carbonyl (C=O) groups excluding carboxylic acids is 2. The van der Waals surface area contributed by atoms with Crippen LogP contribution in [0.3, 0.4) is 0 Å². The van der Waals surface area contributed by atoms with E-state index in [1.165, 1.54) is 11.3 Å². The minimum atomic E-state index is -0.339. The van der Waals surface area contributed by atoms with Gasteiger partial charge >= 0.3 is 5.97 Å². The van der Waals surface area contributed by atoms with Gasteiger partial charge in [0.15, 0.2) is 5.96 Å². The van der Waals surface area contributed by atoms with E-state index >= 15 is 0 Å². The summed E-state index contributed by atoms with van der Waals surface area (Å²) in [5.74, 6) is 0.286. The van der Waals surface area contributed by atoms with Gasteiger partial charge in [0.2, 0.25) is 0 Å². The molecule has 0 spiro atoms. The molecule has 1 unspecified atom stereocenters. The van der Waals surface area contributed by atoms with Gasteiger partial charge in [-0.05, 0) is 44.9 Å². The van der Waals surface area contributed by atoms with Gasteiger partial charge in [-0.2, -0.15) is 0 Å². The van der Waals surface area contributed by atoms with Gasteiger partial charge in [0.05, 0.1) is 18.3 Å². The molecule has 2 aromatic rings. The van der Waals surface area contributed by atoms with Crippen molar-refractivity contribution in [3.8, 4) is 0 Å². The number of carbonyl (C=O) groups is 2. The number of aliphatic imine (C=N–C) groups is 1. The molecule has 176 valence electrons. The molecule has 0 bridgehead atoms. The monoisotopic (exact) mass is 573 g/mol. The van der Waals surface area contributed by atoms with E-state index in [0.29, 0.717) is 35.2 Å². The van der Waals surface area contributed by atoms with Crippen molar-refractivity contribution < 1.29 is 14.3 Å². The Kier molecular flexibility index (Phi) is 11.6. The van der Waals surface area contributed by atoms with E-state index in [1.807, 2.05) is 31.2 Å². The lowest BCUT2D eigenvalue weighted by Gasteiger charge is -2.16. The predicted molar refractivity (Wildman–Crippen MR) is 139 cm³/mol. The number of halogens is 1. The summed E-state index contributed by atoms with van der Waals surface area (Å²) in [5.41, 5.74) is 2.41. The number of benzene rings is 1. The summed E-state index contributed by atoms with van der Waals surface area (Å²) >= 11 is 1.33. The number of nitrogens with zero attached hydrogens (tertiary/aromatic N) is 3. The van der Waals surface area contributed by atoms with Gasteiger partial charge < -0.3 is 20.3 Å². The summed E-state index contributed by atoms with van der Waals surface area (Å²) in [7, 11) is 5.19. The lowest BCUT2D eigenvalue weighted by molar-refractivity contribution is 0.0530. The molecule has 0 fully saturated rings. The first-order chi connectivity index (χ1) is 14.8. The number of rotatable bonds is 8. The third-order valence-electron chi connectivity index (χ3n) is 4.51. The van der Waals surface area contributed by atoms with Crippen LogP contribution in [0.1, 0.15) is 56.2 Å². The van der Waals surface area contributed by atoms with E-state index in [-0.39, 0.29) is 41.9 Å². The Morgan fingerprint density at radius 1 is 1.31 bits per heavy atom. The number of hydrogen-bond donors (Lipinski definition) is 2. The molecule has 0 aliphatic heterocycles. The zero-order valence-corrected chi connectivity index (χ0v) is 22.5. The largest absolute Gasteiger partial charge is 0.462 e. The topological polar surface area (TPSA) is 95.9 Å². The number of nitrogens with one attached hydrogen (secondary N) is 2. The molecule has 32 heavy (non-hydrogen) atoms. The van der Waals surface area contributed by atoms with Crippen LogP contribution in [0.15, 0.2) is 29.3 Å². The highest BCUT2D eigenvalue weighted by Gasteiger charge is 2.20. The first-order valence-electron chi connectivity index (χ1n) is 10.2. The smallest absolute Gasteiger partial charge is 0.350 e. The van der Waals surface area contributed by atoms with E-state index in [2.05, 4.69) is 20.6 Å². The number of hydrogen-bond acceptors (Lipinski definition) is 6. The van der Waals surface area contributed by atoms with Crippen LogP contribution in [0.4, 0.5) is 0 Å². The second-order valence-electron chi connectivity index (χ2n) is 7.20. The van der Waals surface area contributed by atoms with Crippen LogP contribution >= 0.6 is 35.3 Å². The van der Waals surface area contributed by atoms with Crippen LogP contribution in [0, 0.1) is 6.92 Å². The maximum atomic E-state index is 12.1. The summed E-state index contributed by atoms with van der Waals surface area (Å²) in [6, 6.07) is 7.51. The number of guanidine groups is 1. The molecule has 1 aromatic heterocycles. The highest BCUT2D eigenvalue weighted by Crippen LogP contribution is 2.24. The number of ether oxygens (including phenoxy) is 1. The van der Waals surface area contributed by atoms with Gasteiger partial charge in [0.1, 0.15) is 9.88 Å². The van der Waals surface area contributed by atoms with Crippen molar-refractivity contribution in [1.82, 2.24) is 20.5 Å². The number of aryl methyl sites for hydroxylation is 1. The van der Waals surface area contributed by atoms with Crippen LogP contribution in [-0.2, 0) is 11.2 Å². The molecule has 8 nitrogen and oxygen atoms in total. The van der Waals surface area contributed by atoms with Crippen molar-refractivity contribution in [2.45, 2.75) is 33.2 Å². The molecule has 2 N–H and O–H groups in total. The van der Waals surface area contributed by atoms with Crippen molar-refractivity contribution >= 4 is 53.1 Å². The van der Waals surface area contributed by atoms with Gasteiger partial charge in [-0.3, -0.25) is 9.79 Å². The molecule has 10 heteroatoms. The molecule has 2 rings (SSSR count). The summed E-state index contributed by atoms with van der Waals surface area (Å²) in [5, 5.41) is 7.37. The summed E-state index contributed by atoms with van der Waals surface area (Å²) < 4.78 is 5.09. The van der Waals surface area contributed by atoms with Crippen LogP contribution in [0.5, 0.6) is 0 Å². The highest BCUT2D eigenvalue weighted by molar-refractivity contribution is 14.0. The Balaban J connectivity index is 0.00000512. The number of aromatic nitrogens is 1. The molecule has 0 aliphatic rings. The fourth-order valence-electron chi connectivity index (χ4n) is 2.89. The van der Waals surface area contributed by atoms with Crippen molar-refractivity contribution in [1.29, 1.82) is 0 Å². The number of amides is 1. The fourth-order valence-corrected chi connectivity index (χ4v) is 3.86. The minimum absolute atomic E-state index is 0. The molecular formula is C22H32IN5O3S. The van der Waals surface area contributed by atoms with Crippen LogP contribution < -0.4 is 10.6 Å². The second-order valence-corrected chi connectivity index (χ2v) is 8.23. The average molecular weight is 574 g/mol. The first-order valence-corrected chi connectivity index (χ1v) is 11.0. The summed E-state index contributed by atoms with van der Waals surface area (Å²) in [6.07, 6.45) is 0.743. The van der Waals surface area contributed by atoms with E-state index < -0.39 is 0 Å². The maximum Gasteiger partial charge on any atom is 0.350 e. The maximum absolute atomic E-state index is 12.1. The number of thiazole rings is 1. The van der Waals surface area contributed by atoms with E-state index in [4.69, 9.17) is 4.74 Å². The molecule has 0 aliphatic carbocycles. The number of esters is 1. The Morgan fingerprint density at radius 2 is 2.03 bits per heavy atom. The Hall–Kier alpha value is -2.21. The van der Waals surface area contributed by atoms with E-state index in [1.54, 1.807) is 39.9 Å². The Morgan fingerprint density at radius 3 is 2.66 bits per heavy atom. The molecule has 1 atom stereocenters. The standard InChI is InChI=1S/C22H31N5O3S.HI/c1-7-30-21(29)18-14(2)25-19(31-18)15(3)26-22(23-4)24-12-11-16-9-8-10-17(13-16)20(28)27(5)6;/h8-10,13,15H,7,11-12H2,1-6H3,(H2,23,24,26);1H. The molecule has 1 aromatic carbocycles. The lowest BCUT2D eigenvalue weighted by Crippen LogP contribution is -2.39. The molecule has 0 saturated heterocycles. The zero-order chi connectivity index (χ0) is 23.0. The zero-order valence-electron chi connectivity index (χ0n) is 19.4. The van der Waals surface area contributed by atoms with E-state index in [0.717, 1.165) is 17.0 Å². The highest BCUT2D eigenvalue weighted by atomic mass is 127. The molecular weight excluding hydrogens is 541 g/mol. The fraction of sp³-hybridized carbons (Fsp3) is 0.455. The average Bonchev–Trinajstić information content (AvgIpc) is 3.14. The van der Waals surface area contributed by atoms with Gasteiger partial charge in [-0.1, -0.05) is 12.1 Å². The third-order valence-corrected chi connectivity index (χ3v) is 5.83. The summed E-state index contributed by atoms with van der Waals surface area (Å²) in [6.45, 7) is 6.54. The van der Waals surface area contributed by atoms with E-state index in [9.17, 15) is 9.59 Å². The van der Waals surface area contributed by atoms with Gasteiger partial charge in [-0.15, -0.1) is 35.3 Å². The van der Waals surface area contributed by atoms with Crippen LogP contribution in [-0.4, -0.2) is 62.0 Å².